The van der Waals surface area contributed by atoms with E-state index in [1.807, 2.05) is 13.1 Å². The van der Waals surface area contributed by atoms with Crippen molar-refractivity contribution in [3.63, 3.8) is 0 Å². The first kappa shape index (κ1) is 21.1. The molecular formula is C18H24FIN6O. The molecule has 146 valence electrons. The maximum Gasteiger partial charge on any atom is 0.228 e. The molecule has 0 unspecified atom stereocenters. The summed E-state index contributed by atoms with van der Waals surface area (Å²) in [5.74, 6) is 1.72. The van der Waals surface area contributed by atoms with Gasteiger partial charge in [0.25, 0.3) is 0 Å². The van der Waals surface area contributed by atoms with Crippen LogP contribution < -0.4 is 10.6 Å². The highest BCUT2D eigenvalue weighted by Gasteiger charge is 2.06. The third-order valence-corrected chi connectivity index (χ3v) is 3.93. The van der Waals surface area contributed by atoms with Crippen molar-refractivity contribution in [3.8, 4) is 0 Å². The first-order valence-corrected chi connectivity index (χ1v) is 8.72. The monoisotopic (exact) mass is 486 g/mol. The van der Waals surface area contributed by atoms with Crippen LogP contribution in [0.5, 0.6) is 0 Å². The fourth-order valence-corrected chi connectivity index (χ4v) is 2.72. The molecule has 27 heavy (non-hydrogen) atoms. The van der Waals surface area contributed by atoms with E-state index in [9.17, 15) is 4.39 Å². The van der Waals surface area contributed by atoms with Crippen LogP contribution in [0.2, 0.25) is 0 Å². The van der Waals surface area contributed by atoms with Gasteiger partial charge in [0.05, 0.1) is 6.54 Å². The van der Waals surface area contributed by atoms with Crippen LogP contribution in [0.25, 0.3) is 10.9 Å². The van der Waals surface area contributed by atoms with E-state index in [0.717, 1.165) is 35.4 Å². The van der Waals surface area contributed by atoms with Crippen molar-refractivity contribution in [3.05, 3.63) is 47.5 Å². The molecule has 0 atom stereocenters. The van der Waals surface area contributed by atoms with Crippen LogP contribution >= 0.6 is 24.0 Å². The number of benzene rings is 1. The van der Waals surface area contributed by atoms with E-state index >= 15 is 0 Å². The summed E-state index contributed by atoms with van der Waals surface area (Å²) in [5, 5.41) is 11.2. The van der Waals surface area contributed by atoms with Crippen LogP contribution in [-0.2, 0) is 12.8 Å². The second-order valence-electron chi connectivity index (χ2n) is 5.93. The number of aryl methyl sites for hydroxylation is 1. The van der Waals surface area contributed by atoms with Gasteiger partial charge in [-0.2, -0.15) is 4.98 Å². The van der Waals surface area contributed by atoms with Crippen molar-refractivity contribution in [2.75, 3.05) is 19.6 Å². The SMILES string of the molecule is CCNC(=NCCc1nc(C)no1)NCCc1c[nH]c2ccc(F)cc12.I. The summed E-state index contributed by atoms with van der Waals surface area (Å²) in [7, 11) is 0. The molecule has 2 aromatic heterocycles. The van der Waals surface area contributed by atoms with Gasteiger partial charge in [-0.25, -0.2) is 4.39 Å². The minimum absolute atomic E-state index is 0. The minimum atomic E-state index is -0.225. The maximum atomic E-state index is 13.4. The van der Waals surface area contributed by atoms with Gasteiger partial charge in [0.15, 0.2) is 11.8 Å². The molecule has 7 nitrogen and oxygen atoms in total. The van der Waals surface area contributed by atoms with Crippen molar-refractivity contribution in [1.29, 1.82) is 0 Å². The fraction of sp³-hybridized carbons (Fsp3) is 0.389. The van der Waals surface area contributed by atoms with E-state index in [4.69, 9.17) is 4.52 Å². The third kappa shape index (κ3) is 5.91. The zero-order chi connectivity index (χ0) is 18.4. The van der Waals surface area contributed by atoms with Gasteiger partial charge in [0, 0.05) is 36.6 Å². The number of rotatable bonds is 7. The summed E-state index contributed by atoms with van der Waals surface area (Å²) in [6.07, 6.45) is 3.28. The Hall–Kier alpha value is -2.17. The lowest BCUT2D eigenvalue weighted by molar-refractivity contribution is 0.376. The minimum Gasteiger partial charge on any atom is -0.361 e. The molecule has 3 aromatic rings. The number of aromatic nitrogens is 3. The molecule has 0 amide bonds. The summed E-state index contributed by atoms with van der Waals surface area (Å²) < 4.78 is 18.5. The quantitative estimate of drug-likeness (QED) is 0.272. The predicted molar refractivity (Wildman–Crippen MR) is 114 cm³/mol. The predicted octanol–water partition coefficient (Wildman–Crippen LogP) is 2.96. The highest BCUT2D eigenvalue weighted by atomic mass is 127. The third-order valence-electron chi connectivity index (χ3n) is 3.93. The van der Waals surface area contributed by atoms with Gasteiger partial charge >= 0.3 is 0 Å². The van der Waals surface area contributed by atoms with Gasteiger partial charge in [-0.05, 0) is 44.0 Å². The van der Waals surface area contributed by atoms with E-state index in [2.05, 4.69) is 30.8 Å². The Morgan fingerprint density at radius 1 is 1.30 bits per heavy atom. The van der Waals surface area contributed by atoms with E-state index in [0.29, 0.717) is 31.2 Å². The molecule has 2 heterocycles. The van der Waals surface area contributed by atoms with Crippen molar-refractivity contribution in [2.24, 2.45) is 4.99 Å². The number of aliphatic imine (C=N–C) groups is 1. The molecule has 0 fully saturated rings. The number of hydrogen-bond donors (Lipinski definition) is 3. The molecule has 9 heteroatoms. The average molecular weight is 486 g/mol. The second-order valence-corrected chi connectivity index (χ2v) is 5.93. The zero-order valence-corrected chi connectivity index (χ0v) is 17.7. The molecular weight excluding hydrogens is 462 g/mol. The summed E-state index contributed by atoms with van der Waals surface area (Å²) in [5.41, 5.74) is 2.01. The van der Waals surface area contributed by atoms with E-state index < -0.39 is 0 Å². The first-order valence-electron chi connectivity index (χ1n) is 8.72. The smallest absolute Gasteiger partial charge is 0.228 e. The molecule has 1 aromatic carbocycles. The lowest BCUT2D eigenvalue weighted by atomic mass is 10.1. The van der Waals surface area contributed by atoms with Gasteiger partial charge < -0.3 is 20.1 Å². The van der Waals surface area contributed by atoms with Gasteiger partial charge in [-0.1, -0.05) is 5.16 Å². The summed E-state index contributed by atoms with van der Waals surface area (Å²) in [4.78, 5) is 11.8. The van der Waals surface area contributed by atoms with Gasteiger partial charge in [0.2, 0.25) is 5.89 Å². The molecule has 3 rings (SSSR count). The number of nitrogens with one attached hydrogen (secondary N) is 3. The number of nitrogens with zero attached hydrogens (tertiary/aromatic N) is 3. The van der Waals surface area contributed by atoms with Gasteiger partial charge in [-0.3, -0.25) is 4.99 Å². The van der Waals surface area contributed by atoms with Crippen LogP contribution in [0.3, 0.4) is 0 Å². The van der Waals surface area contributed by atoms with E-state index in [-0.39, 0.29) is 29.8 Å². The zero-order valence-electron chi connectivity index (χ0n) is 15.4. The summed E-state index contributed by atoms with van der Waals surface area (Å²) in [6, 6.07) is 4.78. The average Bonchev–Trinajstić information content (AvgIpc) is 3.21. The Morgan fingerprint density at radius 3 is 2.89 bits per heavy atom. The Bertz CT molecular complexity index is 891. The summed E-state index contributed by atoms with van der Waals surface area (Å²) >= 11 is 0. The van der Waals surface area contributed by atoms with Crippen LogP contribution in [0.15, 0.2) is 33.9 Å². The Labute approximate surface area is 174 Å². The van der Waals surface area contributed by atoms with Crippen LogP contribution in [-0.4, -0.2) is 40.7 Å². The van der Waals surface area contributed by atoms with Crippen molar-refractivity contribution in [2.45, 2.75) is 26.7 Å². The summed E-state index contributed by atoms with van der Waals surface area (Å²) in [6.45, 7) is 5.81. The maximum absolute atomic E-state index is 13.4. The van der Waals surface area contributed by atoms with Crippen LogP contribution in [0.1, 0.15) is 24.2 Å². The van der Waals surface area contributed by atoms with Crippen molar-refractivity contribution >= 4 is 40.8 Å². The molecule has 0 saturated carbocycles. The number of halogens is 2. The topological polar surface area (TPSA) is 91.1 Å². The molecule has 0 bridgehead atoms. The molecule has 0 saturated heterocycles. The van der Waals surface area contributed by atoms with Crippen molar-refractivity contribution < 1.29 is 8.91 Å². The highest BCUT2D eigenvalue weighted by Crippen LogP contribution is 2.19. The van der Waals surface area contributed by atoms with Crippen molar-refractivity contribution in [1.82, 2.24) is 25.8 Å². The molecule has 0 aliphatic rings. The Kier molecular flexibility index (Phi) is 8.01. The molecule has 0 spiro atoms. The second kappa shape index (κ2) is 10.2. The van der Waals surface area contributed by atoms with E-state index in [1.54, 1.807) is 19.1 Å². The molecule has 0 aliphatic carbocycles. The lowest BCUT2D eigenvalue weighted by Gasteiger charge is -2.10. The van der Waals surface area contributed by atoms with Gasteiger partial charge in [-0.15, -0.1) is 24.0 Å². The molecule has 0 aliphatic heterocycles. The number of H-pyrrole nitrogens is 1. The molecule has 3 N–H and O–H groups in total. The highest BCUT2D eigenvalue weighted by molar-refractivity contribution is 14.0. The normalized spacial score (nSPS) is 11.4. The van der Waals surface area contributed by atoms with Crippen LogP contribution in [0, 0.1) is 12.7 Å². The lowest BCUT2D eigenvalue weighted by Crippen LogP contribution is -2.38. The van der Waals surface area contributed by atoms with Gasteiger partial charge in [0.1, 0.15) is 5.82 Å². The van der Waals surface area contributed by atoms with Crippen LogP contribution in [0.4, 0.5) is 4.39 Å². The standard InChI is InChI=1S/C18H23FN6O.HI/c1-3-20-18(22-9-7-17-24-12(2)25-26-17)21-8-6-13-11-23-16-5-4-14(19)10-15(13)16;/h4-5,10-11,23H,3,6-9H2,1-2H3,(H2,20,21,22);1H. The molecule has 0 radical (unpaired) electrons. The van der Waals surface area contributed by atoms with E-state index in [1.165, 1.54) is 6.07 Å². The first-order chi connectivity index (χ1) is 12.7. The number of fused-ring (bicyclic) bond motifs is 1. The number of aromatic amines is 1. The Balaban J connectivity index is 0.00000261. The largest absolute Gasteiger partial charge is 0.361 e. The number of hydrogen-bond acceptors (Lipinski definition) is 4. The Morgan fingerprint density at radius 2 is 2.15 bits per heavy atom. The fourth-order valence-electron chi connectivity index (χ4n) is 2.72. The number of guanidine groups is 1.